The highest BCUT2D eigenvalue weighted by Crippen LogP contribution is 2.27. The van der Waals surface area contributed by atoms with Crippen molar-refractivity contribution in [3.63, 3.8) is 0 Å². The fourth-order valence-electron chi connectivity index (χ4n) is 2.11. The Kier molecular flexibility index (Phi) is 2.94. The molecule has 0 aromatic carbocycles. The molecular weight excluding hydrogens is 254 g/mol. The van der Waals surface area contributed by atoms with Crippen molar-refractivity contribution in [3.05, 3.63) is 42.5 Å². The number of rotatable bonds is 3. The summed E-state index contributed by atoms with van der Waals surface area (Å²) in [5.41, 5.74) is 3.13. The zero-order valence-electron chi connectivity index (χ0n) is 10.5. The Balaban J connectivity index is 0.00000121. The van der Waals surface area contributed by atoms with Crippen LogP contribution in [0.5, 0.6) is 0 Å². The molecule has 1 amide bonds. The number of fused-ring (bicyclic) bond motifs is 1. The van der Waals surface area contributed by atoms with E-state index in [0.717, 1.165) is 22.2 Å². The minimum absolute atomic E-state index is 0. The van der Waals surface area contributed by atoms with Gasteiger partial charge in [-0.2, -0.15) is 5.26 Å². The number of aromatic nitrogens is 3. The molecule has 0 spiro atoms. The van der Waals surface area contributed by atoms with E-state index < -0.39 is 0 Å². The zero-order chi connectivity index (χ0) is 13.9. The highest BCUT2D eigenvalue weighted by molar-refractivity contribution is 5.97. The first-order valence-corrected chi connectivity index (χ1v) is 6.05. The first kappa shape index (κ1) is 12.0. The first-order chi connectivity index (χ1) is 9.79. The van der Waals surface area contributed by atoms with Crippen LogP contribution in [0.4, 0.5) is 0 Å². The fraction of sp³-hybridized carbons (Fsp3) is 0.0714. The molecule has 6 heteroatoms. The minimum atomic E-state index is -0.294. The van der Waals surface area contributed by atoms with Crippen molar-refractivity contribution < 1.29 is 7.65 Å². The maximum absolute atomic E-state index is 11.7. The lowest BCUT2D eigenvalue weighted by molar-refractivity contribution is 0.0954. The van der Waals surface area contributed by atoms with Gasteiger partial charge in [0.15, 0.2) is 0 Å². The number of amides is 1. The third-order valence-corrected chi connectivity index (χ3v) is 3.03. The number of pyridine rings is 1. The fourth-order valence-corrected chi connectivity index (χ4v) is 2.11. The van der Waals surface area contributed by atoms with E-state index >= 15 is 0 Å². The summed E-state index contributed by atoms with van der Waals surface area (Å²) in [7, 11) is 0. The van der Waals surface area contributed by atoms with Crippen molar-refractivity contribution in [1.82, 2.24) is 20.3 Å². The number of hydrogen-bond acceptors (Lipinski definition) is 3. The molecule has 0 atom stereocenters. The monoisotopic (exact) mass is 269 g/mol. The lowest BCUT2D eigenvalue weighted by Crippen LogP contribution is -2.23. The van der Waals surface area contributed by atoms with Gasteiger partial charge in [-0.25, -0.2) is 4.98 Å². The molecule has 3 heterocycles. The molecule has 0 radical (unpaired) electrons. The predicted molar refractivity (Wildman–Crippen MR) is 78.1 cm³/mol. The van der Waals surface area contributed by atoms with Crippen LogP contribution in [0.1, 0.15) is 13.3 Å². The number of hydrogen-bond donors (Lipinski definition) is 3. The summed E-state index contributed by atoms with van der Waals surface area (Å²) in [6, 6.07) is 7.47. The van der Waals surface area contributed by atoms with Gasteiger partial charge in [0.05, 0.1) is 6.07 Å². The van der Waals surface area contributed by atoms with Gasteiger partial charge in [-0.3, -0.25) is 4.79 Å². The van der Waals surface area contributed by atoms with E-state index in [9.17, 15) is 4.79 Å². The molecule has 6 nitrogen and oxygen atoms in total. The van der Waals surface area contributed by atoms with Crippen LogP contribution in [0.3, 0.4) is 0 Å². The Morgan fingerprint density at radius 2 is 2.35 bits per heavy atom. The van der Waals surface area contributed by atoms with Crippen LogP contribution in [0, 0.1) is 11.3 Å². The third kappa shape index (κ3) is 2.01. The zero-order valence-corrected chi connectivity index (χ0v) is 10.5. The highest BCUT2D eigenvalue weighted by Gasteiger charge is 2.11. The topological polar surface area (TPSA) is 97.4 Å². The van der Waals surface area contributed by atoms with E-state index in [1.807, 2.05) is 24.4 Å². The molecule has 0 unspecified atom stereocenters. The van der Waals surface area contributed by atoms with Gasteiger partial charge < -0.3 is 15.3 Å². The van der Waals surface area contributed by atoms with Gasteiger partial charge in [0.2, 0.25) is 0 Å². The summed E-state index contributed by atoms with van der Waals surface area (Å²) >= 11 is 0. The summed E-state index contributed by atoms with van der Waals surface area (Å²) < 4.78 is 0. The van der Waals surface area contributed by atoms with Crippen molar-refractivity contribution in [2.75, 3.05) is 6.54 Å². The Hall–Kier alpha value is -3.07. The Labute approximate surface area is 117 Å². The Bertz CT molecular complexity index is 818. The second-order valence-corrected chi connectivity index (χ2v) is 4.24. The van der Waals surface area contributed by atoms with E-state index in [0.29, 0.717) is 5.69 Å². The smallest absolute Gasteiger partial charge is 0.268 e. The summed E-state index contributed by atoms with van der Waals surface area (Å²) in [4.78, 5) is 21.9. The molecule has 3 aromatic rings. The second-order valence-electron chi connectivity index (χ2n) is 4.24. The van der Waals surface area contributed by atoms with Crippen LogP contribution in [0.15, 0.2) is 36.8 Å². The average Bonchev–Trinajstić information content (AvgIpc) is 3.12. The molecule has 0 aliphatic carbocycles. The molecule has 0 aliphatic heterocycles. The standard InChI is InChI=1S/C14H11N5O.2H2/c15-3-6-18-14(20)12-7-9(8-19-12)10-1-4-16-13-11(10)2-5-17-13;;/h1-2,4-5,7-8,19H,6H2,(H,16,17)(H,18,20);2*1H. The van der Waals surface area contributed by atoms with Crippen LogP contribution >= 0.6 is 0 Å². The van der Waals surface area contributed by atoms with Gasteiger partial charge in [-0.1, -0.05) is 0 Å². The van der Waals surface area contributed by atoms with Crippen LogP contribution in [0.2, 0.25) is 0 Å². The number of nitrogens with zero attached hydrogens (tertiary/aromatic N) is 2. The quantitative estimate of drug-likeness (QED) is 0.636. The third-order valence-electron chi connectivity index (χ3n) is 3.03. The van der Waals surface area contributed by atoms with Crippen molar-refractivity contribution in [2.45, 2.75) is 0 Å². The molecule has 0 saturated heterocycles. The molecule has 0 bridgehead atoms. The summed E-state index contributed by atoms with van der Waals surface area (Å²) in [6.07, 6.45) is 5.31. The van der Waals surface area contributed by atoms with Crippen LogP contribution < -0.4 is 5.32 Å². The second kappa shape index (κ2) is 4.90. The maximum Gasteiger partial charge on any atom is 0.268 e. The van der Waals surface area contributed by atoms with Gasteiger partial charge >= 0.3 is 0 Å². The number of nitriles is 1. The van der Waals surface area contributed by atoms with Crippen molar-refractivity contribution in [3.8, 4) is 17.2 Å². The molecule has 0 fully saturated rings. The molecule has 102 valence electrons. The summed E-state index contributed by atoms with van der Waals surface area (Å²) in [5.74, 6) is -0.294. The molecule has 3 rings (SSSR count). The van der Waals surface area contributed by atoms with E-state index in [2.05, 4.69) is 20.3 Å². The number of carbonyl (C=O) groups excluding carboxylic acids is 1. The van der Waals surface area contributed by atoms with Crippen LogP contribution in [-0.4, -0.2) is 27.4 Å². The SMILES string of the molecule is N#CCNC(=O)c1cc(-c2ccnc3[nH]ccc23)c[nH]1.[HH].[HH]. The highest BCUT2D eigenvalue weighted by atomic mass is 16.1. The van der Waals surface area contributed by atoms with E-state index in [1.54, 1.807) is 18.5 Å². The lowest BCUT2D eigenvalue weighted by atomic mass is 10.1. The molecule has 0 saturated carbocycles. The number of aromatic amines is 2. The normalized spacial score (nSPS) is 10.3. The summed E-state index contributed by atoms with van der Waals surface area (Å²) in [6.45, 7) is -0.00943. The van der Waals surface area contributed by atoms with Gasteiger partial charge in [0.25, 0.3) is 5.91 Å². The van der Waals surface area contributed by atoms with E-state index in [4.69, 9.17) is 5.26 Å². The van der Waals surface area contributed by atoms with Crippen LogP contribution in [0.25, 0.3) is 22.2 Å². The van der Waals surface area contributed by atoms with Crippen molar-refractivity contribution >= 4 is 16.9 Å². The average molecular weight is 269 g/mol. The van der Waals surface area contributed by atoms with Crippen molar-refractivity contribution in [1.29, 1.82) is 5.26 Å². The van der Waals surface area contributed by atoms with Gasteiger partial charge in [-0.05, 0) is 23.8 Å². The molecule has 0 aliphatic rings. The van der Waals surface area contributed by atoms with Gasteiger partial charge in [0.1, 0.15) is 17.9 Å². The number of carbonyl (C=O) groups is 1. The number of H-pyrrole nitrogens is 2. The van der Waals surface area contributed by atoms with Crippen LogP contribution in [-0.2, 0) is 0 Å². The summed E-state index contributed by atoms with van der Waals surface area (Å²) in [5, 5.41) is 11.9. The molecule has 3 aromatic heterocycles. The van der Waals surface area contributed by atoms with E-state index in [-0.39, 0.29) is 15.3 Å². The molecule has 3 N–H and O–H groups in total. The Morgan fingerprint density at radius 1 is 1.45 bits per heavy atom. The first-order valence-electron chi connectivity index (χ1n) is 6.05. The predicted octanol–water partition coefficient (Wildman–Crippen LogP) is 2.30. The molecule has 20 heavy (non-hydrogen) atoms. The number of nitrogens with one attached hydrogen (secondary N) is 3. The minimum Gasteiger partial charge on any atom is -0.357 e. The van der Waals surface area contributed by atoms with E-state index in [1.165, 1.54) is 0 Å². The largest absolute Gasteiger partial charge is 0.357 e. The molecular formula is C14H15N5O. The lowest BCUT2D eigenvalue weighted by Gasteiger charge is -1.99. The van der Waals surface area contributed by atoms with Gasteiger partial charge in [0, 0.05) is 32.4 Å². The van der Waals surface area contributed by atoms with Crippen molar-refractivity contribution in [2.24, 2.45) is 0 Å². The van der Waals surface area contributed by atoms with Gasteiger partial charge in [-0.15, -0.1) is 0 Å². The maximum atomic E-state index is 11.7. The Morgan fingerprint density at radius 3 is 3.20 bits per heavy atom.